The van der Waals surface area contributed by atoms with E-state index in [1.807, 2.05) is 0 Å². The van der Waals surface area contributed by atoms with E-state index in [4.69, 9.17) is 9.47 Å². The molecule has 0 saturated carbocycles. The number of nitrogens with one attached hydrogen (secondary N) is 1. The SMILES string of the molecule is COC(=O)Oc1c2n(ccc1=O)NC1COCCN1C2=O. The van der Waals surface area contributed by atoms with E-state index >= 15 is 0 Å². The minimum atomic E-state index is -1.06. The molecule has 9 heteroatoms. The second-order valence-corrected chi connectivity index (χ2v) is 4.50. The molecule has 1 N–H and O–H groups in total. The molecule has 0 aromatic carbocycles. The zero-order valence-corrected chi connectivity index (χ0v) is 11.2. The van der Waals surface area contributed by atoms with Crippen molar-refractivity contribution in [2.24, 2.45) is 0 Å². The molecule has 9 nitrogen and oxygen atoms in total. The quantitative estimate of drug-likeness (QED) is 0.687. The Morgan fingerprint density at radius 1 is 1.48 bits per heavy atom. The second kappa shape index (κ2) is 5.09. The standard InChI is InChI=1S/C12H13N3O6/c1-19-12(18)21-10-7(16)2-3-15-9(10)11(17)14-4-5-20-6-8(14)13-15/h2-3,8,13H,4-6H2,1H3. The lowest BCUT2D eigenvalue weighted by Crippen LogP contribution is -2.59. The van der Waals surface area contributed by atoms with Crippen LogP contribution < -0.4 is 15.6 Å². The summed E-state index contributed by atoms with van der Waals surface area (Å²) in [5.74, 6) is -0.759. The number of amides is 1. The summed E-state index contributed by atoms with van der Waals surface area (Å²) in [6.07, 6.45) is 0.0243. The van der Waals surface area contributed by atoms with Crippen molar-refractivity contribution < 1.29 is 23.8 Å². The first-order chi connectivity index (χ1) is 10.1. The molecule has 2 aliphatic heterocycles. The maximum Gasteiger partial charge on any atom is 0.513 e. The van der Waals surface area contributed by atoms with Crippen LogP contribution >= 0.6 is 0 Å². The second-order valence-electron chi connectivity index (χ2n) is 4.50. The number of fused-ring (bicyclic) bond motifs is 2. The van der Waals surface area contributed by atoms with Gasteiger partial charge in [-0.05, 0) is 0 Å². The zero-order valence-electron chi connectivity index (χ0n) is 11.2. The van der Waals surface area contributed by atoms with Gasteiger partial charge in [-0.25, -0.2) is 4.79 Å². The first-order valence-electron chi connectivity index (χ1n) is 6.28. The molecule has 0 aliphatic carbocycles. The third kappa shape index (κ3) is 2.21. The lowest BCUT2D eigenvalue weighted by Gasteiger charge is -2.41. The van der Waals surface area contributed by atoms with Gasteiger partial charge >= 0.3 is 6.16 Å². The van der Waals surface area contributed by atoms with Crippen LogP contribution in [0.5, 0.6) is 5.75 Å². The maximum absolute atomic E-state index is 12.5. The molecule has 21 heavy (non-hydrogen) atoms. The number of pyridine rings is 1. The van der Waals surface area contributed by atoms with E-state index in [-0.39, 0.29) is 17.6 Å². The van der Waals surface area contributed by atoms with Gasteiger partial charge in [0.15, 0.2) is 5.69 Å². The molecule has 1 aromatic rings. The average molecular weight is 295 g/mol. The first-order valence-corrected chi connectivity index (χ1v) is 6.28. The molecule has 1 amide bonds. The fourth-order valence-corrected chi connectivity index (χ4v) is 2.30. The summed E-state index contributed by atoms with van der Waals surface area (Å²) in [7, 11) is 1.12. The summed E-state index contributed by atoms with van der Waals surface area (Å²) in [5.41, 5.74) is 2.40. The van der Waals surface area contributed by atoms with Crippen LogP contribution in [0.25, 0.3) is 0 Å². The Morgan fingerprint density at radius 2 is 2.29 bits per heavy atom. The van der Waals surface area contributed by atoms with E-state index < -0.39 is 17.5 Å². The van der Waals surface area contributed by atoms with Crippen molar-refractivity contribution in [2.75, 3.05) is 32.3 Å². The van der Waals surface area contributed by atoms with E-state index in [1.54, 1.807) is 0 Å². The molecule has 0 spiro atoms. The molecular weight excluding hydrogens is 282 g/mol. The van der Waals surface area contributed by atoms with Gasteiger partial charge in [-0.3, -0.25) is 14.3 Å². The molecule has 0 bridgehead atoms. The Bertz CT molecular complexity index is 655. The van der Waals surface area contributed by atoms with E-state index in [9.17, 15) is 14.4 Å². The van der Waals surface area contributed by atoms with Gasteiger partial charge in [0, 0.05) is 18.8 Å². The Balaban J connectivity index is 2.06. The summed E-state index contributed by atoms with van der Waals surface area (Å²) in [5, 5.41) is 0. The Morgan fingerprint density at radius 3 is 3.05 bits per heavy atom. The minimum absolute atomic E-state index is 0.0361. The molecular formula is C12H13N3O6. The number of ether oxygens (including phenoxy) is 3. The maximum atomic E-state index is 12.5. The Kier molecular flexibility index (Phi) is 3.26. The number of hydrogen-bond donors (Lipinski definition) is 1. The topological polar surface area (TPSA) is 99.1 Å². The zero-order chi connectivity index (χ0) is 15.0. The fourth-order valence-electron chi connectivity index (χ4n) is 2.30. The molecule has 3 rings (SSSR count). The molecule has 1 aromatic heterocycles. The van der Waals surface area contributed by atoms with Gasteiger partial charge < -0.3 is 24.5 Å². The van der Waals surface area contributed by atoms with Crippen LogP contribution in [0.4, 0.5) is 4.79 Å². The molecule has 1 atom stereocenters. The lowest BCUT2D eigenvalue weighted by atomic mass is 10.2. The van der Waals surface area contributed by atoms with Gasteiger partial charge in [0.25, 0.3) is 5.91 Å². The monoisotopic (exact) mass is 295 g/mol. The number of morpholine rings is 1. The van der Waals surface area contributed by atoms with E-state index in [1.165, 1.54) is 21.8 Å². The molecule has 1 fully saturated rings. The third-order valence-electron chi connectivity index (χ3n) is 3.29. The van der Waals surface area contributed by atoms with Crippen LogP contribution in [-0.4, -0.2) is 54.7 Å². The van der Waals surface area contributed by atoms with Gasteiger partial charge in [-0.1, -0.05) is 0 Å². The number of hydrogen-bond acceptors (Lipinski definition) is 7. The van der Waals surface area contributed by atoms with Crippen LogP contribution in [0, 0.1) is 0 Å². The van der Waals surface area contributed by atoms with Gasteiger partial charge in [-0.15, -0.1) is 0 Å². The van der Waals surface area contributed by atoms with E-state index in [2.05, 4.69) is 10.2 Å². The van der Waals surface area contributed by atoms with Crippen molar-refractivity contribution in [1.82, 2.24) is 9.58 Å². The normalized spacial score (nSPS) is 20.1. The number of carbonyl (C=O) groups is 2. The van der Waals surface area contributed by atoms with Gasteiger partial charge in [0.05, 0.1) is 20.3 Å². The number of aromatic nitrogens is 1. The van der Waals surface area contributed by atoms with E-state index in [0.29, 0.717) is 19.8 Å². The van der Waals surface area contributed by atoms with Gasteiger partial charge in [0.2, 0.25) is 11.2 Å². The smallest absolute Gasteiger partial charge is 0.437 e. The van der Waals surface area contributed by atoms with Crippen molar-refractivity contribution in [3.05, 3.63) is 28.2 Å². The summed E-state index contributed by atoms with van der Waals surface area (Å²) in [6.45, 7) is 1.13. The molecule has 2 aliphatic rings. The third-order valence-corrected chi connectivity index (χ3v) is 3.29. The number of rotatable bonds is 1. The summed E-state index contributed by atoms with van der Waals surface area (Å²) in [6, 6.07) is 1.20. The predicted molar refractivity (Wildman–Crippen MR) is 68.7 cm³/mol. The van der Waals surface area contributed by atoms with Crippen LogP contribution in [0.1, 0.15) is 10.5 Å². The van der Waals surface area contributed by atoms with Crippen molar-refractivity contribution in [3.8, 4) is 5.75 Å². The summed E-state index contributed by atoms with van der Waals surface area (Å²) in [4.78, 5) is 37.2. The van der Waals surface area contributed by atoms with Crippen molar-refractivity contribution in [2.45, 2.75) is 6.17 Å². The van der Waals surface area contributed by atoms with Crippen molar-refractivity contribution >= 4 is 12.1 Å². The molecule has 1 unspecified atom stereocenters. The fraction of sp³-hybridized carbons (Fsp3) is 0.417. The molecule has 112 valence electrons. The van der Waals surface area contributed by atoms with Crippen LogP contribution in [-0.2, 0) is 9.47 Å². The number of methoxy groups -OCH3 is 1. The Labute approximate surface area is 119 Å². The number of carbonyl (C=O) groups excluding carboxylic acids is 2. The molecule has 3 heterocycles. The predicted octanol–water partition coefficient (Wildman–Crippen LogP) is -0.651. The molecule has 1 saturated heterocycles. The summed E-state index contributed by atoms with van der Waals surface area (Å²) < 4.78 is 15.9. The highest BCUT2D eigenvalue weighted by Crippen LogP contribution is 2.22. The van der Waals surface area contributed by atoms with Crippen LogP contribution in [0.2, 0.25) is 0 Å². The largest absolute Gasteiger partial charge is 0.513 e. The first kappa shape index (κ1) is 13.4. The molecule has 0 radical (unpaired) electrons. The van der Waals surface area contributed by atoms with Crippen LogP contribution in [0.3, 0.4) is 0 Å². The minimum Gasteiger partial charge on any atom is -0.437 e. The Hall–Kier alpha value is -2.55. The highest BCUT2D eigenvalue weighted by atomic mass is 16.7. The van der Waals surface area contributed by atoms with Crippen molar-refractivity contribution in [1.29, 1.82) is 0 Å². The van der Waals surface area contributed by atoms with Crippen molar-refractivity contribution in [3.63, 3.8) is 0 Å². The average Bonchev–Trinajstić information content (AvgIpc) is 2.50. The summed E-state index contributed by atoms with van der Waals surface area (Å²) >= 11 is 0. The van der Waals surface area contributed by atoms with Gasteiger partial charge in [-0.2, -0.15) is 0 Å². The van der Waals surface area contributed by atoms with Crippen LogP contribution in [0.15, 0.2) is 17.1 Å². The lowest BCUT2D eigenvalue weighted by molar-refractivity contribution is -0.00319. The highest BCUT2D eigenvalue weighted by Gasteiger charge is 2.37. The number of nitrogens with zero attached hydrogens (tertiary/aromatic N) is 2. The van der Waals surface area contributed by atoms with E-state index in [0.717, 1.165) is 7.11 Å². The highest BCUT2D eigenvalue weighted by molar-refractivity contribution is 5.97. The van der Waals surface area contributed by atoms with Gasteiger partial charge in [0.1, 0.15) is 6.17 Å².